The molecule has 0 heterocycles. The molecule has 0 rings (SSSR count). The van der Waals surface area contributed by atoms with Gasteiger partial charge in [0.15, 0.2) is 0 Å². The zero-order chi connectivity index (χ0) is 19.2. The van der Waals surface area contributed by atoms with Crippen molar-refractivity contribution < 1.29 is 19.6 Å². The fourth-order valence-electron chi connectivity index (χ4n) is 2.71. The minimum Gasteiger partial charge on any atom is -0.230 e. The van der Waals surface area contributed by atoms with E-state index in [4.69, 9.17) is 19.6 Å². The van der Waals surface area contributed by atoms with Gasteiger partial charge in [-0.2, -0.15) is 0 Å². The topological polar surface area (TPSA) is 36.9 Å². The Labute approximate surface area is 150 Å². The maximum absolute atomic E-state index is 5.87. The monoisotopic (exact) mass is 346 g/mol. The Bertz CT molecular complexity index is 318. The standard InChI is InChI=1S/C20H42O4/c1-12-13-14-15-16(19(8,9)23-21-17(2,3)4)20(10,11)24-22-18(5,6)7/h16H,12-15H2,1-11H3. The smallest absolute Gasteiger partial charge is 0.104 e. The first-order chi connectivity index (χ1) is 10.6. The van der Waals surface area contributed by atoms with Crippen LogP contribution in [0.2, 0.25) is 0 Å². The maximum atomic E-state index is 5.87. The van der Waals surface area contributed by atoms with Gasteiger partial charge in [-0.3, -0.25) is 0 Å². The molecule has 0 unspecified atom stereocenters. The number of unbranched alkanes of at least 4 members (excludes halogenated alkanes) is 2. The molecule has 24 heavy (non-hydrogen) atoms. The second-order valence-corrected chi connectivity index (χ2v) is 9.81. The van der Waals surface area contributed by atoms with Crippen molar-refractivity contribution in [3.63, 3.8) is 0 Å². The third-order valence-electron chi connectivity index (χ3n) is 3.79. The zero-order valence-corrected chi connectivity index (χ0v) is 18.0. The average Bonchev–Trinajstić information content (AvgIpc) is 2.37. The van der Waals surface area contributed by atoms with Gasteiger partial charge in [0, 0.05) is 5.92 Å². The van der Waals surface area contributed by atoms with Gasteiger partial charge >= 0.3 is 0 Å². The molecule has 0 N–H and O–H groups in total. The van der Waals surface area contributed by atoms with Crippen LogP contribution in [0.1, 0.15) is 102 Å². The summed E-state index contributed by atoms with van der Waals surface area (Å²) in [4.78, 5) is 23.0. The molecule has 0 aromatic heterocycles. The summed E-state index contributed by atoms with van der Waals surface area (Å²) in [6.07, 6.45) is 4.51. The maximum Gasteiger partial charge on any atom is 0.104 e. The third kappa shape index (κ3) is 9.97. The van der Waals surface area contributed by atoms with E-state index in [1.807, 2.05) is 41.5 Å². The van der Waals surface area contributed by atoms with Crippen molar-refractivity contribution in [3.05, 3.63) is 0 Å². The van der Waals surface area contributed by atoms with Gasteiger partial charge in [0.2, 0.25) is 0 Å². The molecule has 0 spiro atoms. The molecule has 0 aliphatic heterocycles. The van der Waals surface area contributed by atoms with E-state index in [9.17, 15) is 0 Å². The molecule has 0 bridgehead atoms. The molecule has 0 aromatic rings. The lowest BCUT2D eigenvalue weighted by Crippen LogP contribution is -2.50. The van der Waals surface area contributed by atoms with E-state index in [0.29, 0.717) is 0 Å². The van der Waals surface area contributed by atoms with Crippen molar-refractivity contribution >= 4 is 0 Å². The van der Waals surface area contributed by atoms with Gasteiger partial charge in [0.25, 0.3) is 0 Å². The number of hydrogen-bond donors (Lipinski definition) is 0. The molecule has 0 radical (unpaired) electrons. The van der Waals surface area contributed by atoms with Gasteiger partial charge in [0.1, 0.15) is 11.2 Å². The molecule has 146 valence electrons. The lowest BCUT2D eigenvalue weighted by molar-refractivity contribution is -0.443. The van der Waals surface area contributed by atoms with Crippen molar-refractivity contribution in [1.82, 2.24) is 0 Å². The summed E-state index contributed by atoms with van der Waals surface area (Å²) in [5, 5.41) is 0. The molecule has 0 atom stereocenters. The van der Waals surface area contributed by atoms with E-state index in [1.165, 1.54) is 12.8 Å². The van der Waals surface area contributed by atoms with Gasteiger partial charge < -0.3 is 0 Å². The second kappa shape index (κ2) is 8.98. The Balaban J connectivity index is 5.17. The number of hydrogen-bond acceptors (Lipinski definition) is 4. The van der Waals surface area contributed by atoms with Crippen molar-refractivity contribution in [2.75, 3.05) is 0 Å². The van der Waals surface area contributed by atoms with Crippen LogP contribution in [-0.2, 0) is 19.6 Å². The van der Waals surface area contributed by atoms with Crippen LogP contribution in [-0.4, -0.2) is 22.4 Å². The molecule has 0 saturated heterocycles. The normalized spacial score (nSPS) is 14.5. The van der Waals surface area contributed by atoms with E-state index in [0.717, 1.165) is 12.8 Å². The van der Waals surface area contributed by atoms with Crippen LogP contribution in [0.3, 0.4) is 0 Å². The third-order valence-corrected chi connectivity index (χ3v) is 3.79. The summed E-state index contributed by atoms with van der Waals surface area (Å²) in [6, 6.07) is 0. The molecule has 0 saturated carbocycles. The van der Waals surface area contributed by atoms with Crippen LogP contribution in [0.25, 0.3) is 0 Å². The molecule has 4 nitrogen and oxygen atoms in total. The van der Waals surface area contributed by atoms with Crippen LogP contribution >= 0.6 is 0 Å². The molecule has 0 aliphatic rings. The summed E-state index contributed by atoms with van der Waals surface area (Å²) < 4.78 is 0. The highest BCUT2D eigenvalue weighted by Gasteiger charge is 2.45. The molecule has 0 aromatic carbocycles. The van der Waals surface area contributed by atoms with Crippen molar-refractivity contribution in [2.24, 2.45) is 5.92 Å². The highest BCUT2D eigenvalue weighted by molar-refractivity contribution is 4.90. The van der Waals surface area contributed by atoms with E-state index in [-0.39, 0.29) is 17.1 Å². The molecule has 4 heteroatoms. The largest absolute Gasteiger partial charge is 0.230 e. The number of rotatable bonds is 10. The Morgan fingerprint density at radius 1 is 0.583 bits per heavy atom. The van der Waals surface area contributed by atoms with Gasteiger partial charge in [-0.15, -0.1) is 0 Å². The van der Waals surface area contributed by atoms with E-state index in [1.54, 1.807) is 0 Å². The first-order valence-electron chi connectivity index (χ1n) is 9.34. The van der Waals surface area contributed by atoms with Gasteiger partial charge in [-0.25, -0.2) is 19.6 Å². The van der Waals surface area contributed by atoms with Crippen LogP contribution in [0.15, 0.2) is 0 Å². The van der Waals surface area contributed by atoms with E-state index in [2.05, 4.69) is 34.6 Å². The van der Waals surface area contributed by atoms with Crippen molar-refractivity contribution in [1.29, 1.82) is 0 Å². The quantitative estimate of drug-likeness (QED) is 0.267. The first-order valence-corrected chi connectivity index (χ1v) is 9.34. The SMILES string of the molecule is CCCCCC(C(C)(C)OOC(C)(C)C)C(C)(C)OOC(C)(C)C. The van der Waals surface area contributed by atoms with Crippen molar-refractivity contribution in [3.8, 4) is 0 Å². The van der Waals surface area contributed by atoms with Crippen LogP contribution in [0, 0.1) is 5.92 Å². The average molecular weight is 347 g/mol. The minimum atomic E-state index is -0.494. The Hall–Kier alpha value is -0.160. The predicted octanol–water partition coefficient (Wildman–Crippen LogP) is 6.23. The minimum absolute atomic E-state index is 0.126. The fourth-order valence-corrected chi connectivity index (χ4v) is 2.71. The fraction of sp³-hybridized carbons (Fsp3) is 1.00. The van der Waals surface area contributed by atoms with E-state index >= 15 is 0 Å². The van der Waals surface area contributed by atoms with Crippen LogP contribution in [0.5, 0.6) is 0 Å². The zero-order valence-electron chi connectivity index (χ0n) is 18.0. The Kier molecular flexibility index (Phi) is 8.92. The summed E-state index contributed by atoms with van der Waals surface area (Å²) in [6.45, 7) is 22.4. The molecule has 0 amide bonds. The van der Waals surface area contributed by atoms with Crippen molar-refractivity contribution in [2.45, 2.75) is 124 Å². The Morgan fingerprint density at radius 2 is 0.958 bits per heavy atom. The lowest BCUT2D eigenvalue weighted by Gasteiger charge is -2.43. The van der Waals surface area contributed by atoms with Gasteiger partial charge in [-0.05, 0) is 75.7 Å². The predicted molar refractivity (Wildman–Crippen MR) is 99.6 cm³/mol. The summed E-state index contributed by atoms with van der Waals surface area (Å²) >= 11 is 0. The molecular formula is C20H42O4. The van der Waals surface area contributed by atoms with Gasteiger partial charge in [-0.1, -0.05) is 26.2 Å². The summed E-state index contributed by atoms with van der Waals surface area (Å²) in [7, 11) is 0. The second-order valence-electron chi connectivity index (χ2n) is 9.81. The first kappa shape index (κ1) is 23.8. The summed E-state index contributed by atoms with van der Waals surface area (Å²) in [5.41, 5.74) is -1.69. The lowest BCUT2D eigenvalue weighted by atomic mass is 9.75. The molecular weight excluding hydrogens is 304 g/mol. The van der Waals surface area contributed by atoms with Gasteiger partial charge in [0.05, 0.1) is 11.2 Å². The molecule has 0 aliphatic carbocycles. The highest BCUT2D eigenvalue weighted by atomic mass is 17.2. The molecule has 0 fully saturated rings. The highest BCUT2D eigenvalue weighted by Crippen LogP contribution is 2.39. The Morgan fingerprint density at radius 3 is 1.25 bits per heavy atom. The van der Waals surface area contributed by atoms with E-state index < -0.39 is 11.2 Å². The van der Waals surface area contributed by atoms with Crippen LogP contribution < -0.4 is 0 Å². The summed E-state index contributed by atoms with van der Waals surface area (Å²) in [5.74, 6) is 0.126. The van der Waals surface area contributed by atoms with Crippen LogP contribution in [0.4, 0.5) is 0 Å².